The number of carbonyl (C=O) groups excluding carboxylic acids is 1. The van der Waals surface area contributed by atoms with Crippen molar-refractivity contribution in [3.8, 4) is 11.5 Å². The zero-order chi connectivity index (χ0) is 31.4. The van der Waals surface area contributed by atoms with E-state index in [1.807, 2.05) is 19.1 Å². The molecule has 44 heavy (non-hydrogen) atoms. The molecule has 1 aliphatic rings. The van der Waals surface area contributed by atoms with Crippen LogP contribution in [0.25, 0.3) is 6.08 Å². The largest absolute Gasteiger partial charge is 0.496 e. The molecular formula is C33H29BrClFN2O5S. The summed E-state index contributed by atoms with van der Waals surface area (Å²) in [6.45, 7) is 4.12. The Morgan fingerprint density at radius 1 is 1.11 bits per heavy atom. The molecule has 11 heteroatoms. The van der Waals surface area contributed by atoms with Gasteiger partial charge in [-0.15, -0.1) is 0 Å². The molecule has 0 saturated carbocycles. The number of aromatic nitrogens is 1. The highest BCUT2D eigenvalue weighted by Gasteiger charge is 2.34. The van der Waals surface area contributed by atoms with E-state index in [9.17, 15) is 14.0 Å². The number of benzene rings is 3. The fourth-order valence-electron chi connectivity index (χ4n) is 4.94. The molecule has 0 aliphatic carbocycles. The molecule has 4 aromatic rings. The Bertz CT molecular complexity index is 1920. The first-order valence-corrected chi connectivity index (χ1v) is 15.9. The van der Waals surface area contributed by atoms with Crippen LogP contribution >= 0.6 is 38.9 Å². The zero-order valence-electron chi connectivity index (χ0n) is 24.2. The van der Waals surface area contributed by atoms with E-state index in [1.165, 1.54) is 23.5 Å². The number of ether oxygens (including phenoxy) is 3. The Morgan fingerprint density at radius 3 is 2.55 bits per heavy atom. The Balaban J connectivity index is 1.66. The predicted octanol–water partition coefficient (Wildman–Crippen LogP) is 6.72. The van der Waals surface area contributed by atoms with Crippen LogP contribution in [-0.2, 0) is 16.1 Å². The van der Waals surface area contributed by atoms with Crippen LogP contribution in [-0.4, -0.2) is 24.3 Å². The highest BCUT2D eigenvalue weighted by Crippen LogP contribution is 2.36. The standard InChI is InChI=1S/C33H29BrClFN2O5S/c1-4-6-25-29(32(40)42-5-2)30(20-9-13-27(41-3)24(34)16-20)38-31(39)28(44-33(38)37-25)17-21-15-22(35)10-14-26(21)43-18-19-7-11-23(36)12-8-19/h7-17,30H,4-6,18H2,1-3H3/b28-17-/t30-/m0/s1. The molecule has 228 valence electrons. The minimum absolute atomic E-state index is 0.181. The third-order valence-electron chi connectivity index (χ3n) is 6.95. The van der Waals surface area contributed by atoms with Crippen LogP contribution in [0.5, 0.6) is 11.5 Å². The predicted molar refractivity (Wildman–Crippen MR) is 173 cm³/mol. The summed E-state index contributed by atoms with van der Waals surface area (Å²) in [6, 6.07) is 15.9. The van der Waals surface area contributed by atoms with Gasteiger partial charge < -0.3 is 14.2 Å². The smallest absolute Gasteiger partial charge is 0.338 e. The van der Waals surface area contributed by atoms with E-state index in [2.05, 4.69) is 15.9 Å². The summed E-state index contributed by atoms with van der Waals surface area (Å²) in [5.74, 6) is 0.270. The topological polar surface area (TPSA) is 79.1 Å². The van der Waals surface area contributed by atoms with E-state index in [0.717, 1.165) is 12.0 Å². The lowest BCUT2D eigenvalue weighted by Gasteiger charge is -2.26. The summed E-state index contributed by atoms with van der Waals surface area (Å²) in [6.07, 6.45) is 2.99. The minimum atomic E-state index is -0.773. The molecule has 0 amide bonds. The van der Waals surface area contributed by atoms with Crippen molar-refractivity contribution >= 4 is 50.9 Å². The Morgan fingerprint density at radius 2 is 1.86 bits per heavy atom. The molecule has 0 fully saturated rings. The van der Waals surface area contributed by atoms with Gasteiger partial charge >= 0.3 is 5.97 Å². The molecule has 0 radical (unpaired) electrons. The maximum absolute atomic E-state index is 14.2. The van der Waals surface area contributed by atoms with Crippen LogP contribution in [0.4, 0.5) is 4.39 Å². The molecule has 0 saturated heterocycles. The van der Waals surface area contributed by atoms with Gasteiger partial charge in [-0.05, 0) is 88.9 Å². The van der Waals surface area contributed by atoms with Crippen molar-refractivity contribution in [1.29, 1.82) is 0 Å². The van der Waals surface area contributed by atoms with E-state index in [-0.39, 0.29) is 24.6 Å². The van der Waals surface area contributed by atoms with Crippen molar-refractivity contribution < 1.29 is 23.4 Å². The van der Waals surface area contributed by atoms with Gasteiger partial charge in [0.2, 0.25) is 0 Å². The molecule has 5 rings (SSSR count). The fourth-order valence-corrected chi connectivity index (χ4v) is 6.69. The maximum atomic E-state index is 14.2. The molecule has 0 spiro atoms. The zero-order valence-corrected chi connectivity index (χ0v) is 27.4. The summed E-state index contributed by atoms with van der Waals surface area (Å²) < 4.78 is 32.9. The van der Waals surface area contributed by atoms with Crippen molar-refractivity contribution in [3.63, 3.8) is 0 Å². The Hall–Kier alpha value is -3.73. The molecule has 3 aromatic carbocycles. The number of hydrogen-bond acceptors (Lipinski definition) is 7. The van der Waals surface area contributed by atoms with Gasteiger partial charge in [0.05, 0.1) is 40.0 Å². The monoisotopic (exact) mass is 698 g/mol. The minimum Gasteiger partial charge on any atom is -0.496 e. The summed E-state index contributed by atoms with van der Waals surface area (Å²) in [5, 5.41) is 0.467. The average Bonchev–Trinajstić information content (AvgIpc) is 3.31. The lowest BCUT2D eigenvalue weighted by molar-refractivity contribution is -0.139. The Labute approximate surface area is 271 Å². The number of rotatable bonds is 10. The first-order valence-electron chi connectivity index (χ1n) is 14.0. The maximum Gasteiger partial charge on any atom is 0.338 e. The van der Waals surface area contributed by atoms with Gasteiger partial charge in [0.1, 0.15) is 23.9 Å². The lowest BCUT2D eigenvalue weighted by Crippen LogP contribution is -2.40. The summed E-state index contributed by atoms with van der Waals surface area (Å²) in [5.41, 5.74) is 2.66. The summed E-state index contributed by atoms with van der Waals surface area (Å²) >= 11 is 11.1. The molecule has 0 N–H and O–H groups in total. The van der Waals surface area contributed by atoms with Crippen LogP contribution in [0.1, 0.15) is 49.4 Å². The number of esters is 1. The van der Waals surface area contributed by atoms with Crippen molar-refractivity contribution in [3.05, 3.63) is 124 Å². The van der Waals surface area contributed by atoms with Gasteiger partial charge in [0, 0.05) is 10.6 Å². The van der Waals surface area contributed by atoms with Gasteiger partial charge in [-0.3, -0.25) is 9.36 Å². The number of methoxy groups -OCH3 is 1. The number of allylic oxidation sites excluding steroid dienone is 1. The molecule has 1 aromatic heterocycles. The number of nitrogens with zero attached hydrogens (tertiary/aromatic N) is 2. The summed E-state index contributed by atoms with van der Waals surface area (Å²) in [4.78, 5) is 32.9. The van der Waals surface area contributed by atoms with Crippen LogP contribution in [0.2, 0.25) is 5.02 Å². The second-order valence-electron chi connectivity index (χ2n) is 9.90. The quantitative estimate of drug-likeness (QED) is 0.172. The molecule has 1 aliphatic heterocycles. The van der Waals surface area contributed by atoms with E-state index < -0.39 is 12.0 Å². The molecule has 0 unspecified atom stereocenters. The third kappa shape index (κ3) is 6.67. The van der Waals surface area contributed by atoms with Crippen LogP contribution in [0.15, 0.2) is 86.2 Å². The van der Waals surface area contributed by atoms with Gasteiger partial charge in [-0.1, -0.05) is 54.5 Å². The molecule has 2 heterocycles. The highest BCUT2D eigenvalue weighted by atomic mass is 79.9. The number of thiazole rings is 1. The average molecular weight is 700 g/mol. The molecular weight excluding hydrogens is 671 g/mol. The first-order chi connectivity index (χ1) is 21.2. The van der Waals surface area contributed by atoms with E-state index in [1.54, 1.807) is 61.1 Å². The molecule has 1 atom stereocenters. The van der Waals surface area contributed by atoms with Crippen molar-refractivity contribution in [2.75, 3.05) is 13.7 Å². The van der Waals surface area contributed by atoms with Gasteiger partial charge in [0.15, 0.2) is 4.80 Å². The van der Waals surface area contributed by atoms with Crippen LogP contribution < -0.4 is 24.4 Å². The van der Waals surface area contributed by atoms with Crippen molar-refractivity contribution in [1.82, 2.24) is 4.57 Å². The van der Waals surface area contributed by atoms with Crippen LogP contribution in [0.3, 0.4) is 0 Å². The van der Waals surface area contributed by atoms with Crippen molar-refractivity contribution in [2.45, 2.75) is 39.3 Å². The SMILES string of the molecule is CCCC1=C(C(=O)OCC)[C@H](c2ccc(OC)c(Br)c2)n2c(s/c(=C\c3cc(Cl)ccc3OCc3ccc(F)cc3)c2=O)=N1. The highest BCUT2D eigenvalue weighted by molar-refractivity contribution is 9.10. The van der Waals surface area contributed by atoms with Crippen LogP contribution in [0, 0.1) is 5.82 Å². The number of fused-ring (bicyclic) bond motifs is 1. The van der Waals surface area contributed by atoms with E-state index >= 15 is 0 Å². The lowest BCUT2D eigenvalue weighted by atomic mass is 9.94. The molecule has 7 nitrogen and oxygen atoms in total. The van der Waals surface area contributed by atoms with E-state index in [0.29, 0.717) is 59.1 Å². The van der Waals surface area contributed by atoms with Crippen molar-refractivity contribution in [2.24, 2.45) is 4.99 Å². The third-order valence-corrected chi connectivity index (χ3v) is 8.79. The number of hydrogen-bond donors (Lipinski definition) is 0. The Kier molecular flexibility index (Phi) is 10.0. The van der Waals surface area contributed by atoms with Gasteiger partial charge in [-0.2, -0.15) is 0 Å². The number of halogens is 3. The van der Waals surface area contributed by atoms with Gasteiger partial charge in [0.25, 0.3) is 5.56 Å². The number of carbonyl (C=O) groups is 1. The molecule has 0 bridgehead atoms. The second kappa shape index (κ2) is 13.9. The normalized spacial score (nSPS) is 14.7. The first kappa shape index (κ1) is 31.7. The fraction of sp³-hybridized carbons (Fsp3) is 0.242. The second-order valence-corrected chi connectivity index (χ2v) is 12.2. The van der Waals surface area contributed by atoms with E-state index in [4.69, 9.17) is 30.8 Å². The summed E-state index contributed by atoms with van der Waals surface area (Å²) in [7, 11) is 1.57. The van der Waals surface area contributed by atoms with Gasteiger partial charge in [-0.25, -0.2) is 14.2 Å².